The highest BCUT2D eigenvalue weighted by Gasteiger charge is 2.07. The molecular weight excluding hydrogens is 300 g/mol. The van der Waals surface area contributed by atoms with Crippen LogP contribution in [-0.2, 0) is 17.8 Å². The first kappa shape index (κ1) is 12.6. The van der Waals surface area contributed by atoms with E-state index >= 15 is 0 Å². The molecule has 0 aliphatic rings. The molecule has 0 saturated carbocycles. The molecule has 94 valence electrons. The Labute approximate surface area is 112 Å². The third-order valence-electron chi connectivity index (χ3n) is 2.17. The molecule has 3 N–H and O–H groups in total. The SMILES string of the molecule is O=C(O)Cc1n[nH]c(CNc2cccc(Br)c2)n1. The van der Waals surface area contributed by atoms with E-state index in [1.807, 2.05) is 24.3 Å². The van der Waals surface area contributed by atoms with Gasteiger partial charge < -0.3 is 10.4 Å². The van der Waals surface area contributed by atoms with Gasteiger partial charge in [0, 0.05) is 10.2 Å². The third kappa shape index (κ3) is 3.56. The van der Waals surface area contributed by atoms with E-state index in [0.29, 0.717) is 12.4 Å². The zero-order valence-electron chi connectivity index (χ0n) is 9.35. The van der Waals surface area contributed by atoms with E-state index in [0.717, 1.165) is 10.2 Å². The van der Waals surface area contributed by atoms with Gasteiger partial charge in [-0.1, -0.05) is 22.0 Å². The second-order valence-electron chi connectivity index (χ2n) is 3.63. The summed E-state index contributed by atoms with van der Waals surface area (Å²) in [6.07, 6.45) is -0.173. The van der Waals surface area contributed by atoms with E-state index in [2.05, 4.69) is 36.4 Å². The van der Waals surface area contributed by atoms with Gasteiger partial charge in [0.1, 0.15) is 12.2 Å². The smallest absolute Gasteiger partial charge is 0.311 e. The van der Waals surface area contributed by atoms with Gasteiger partial charge in [-0.25, -0.2) is 4.98 Å². The number of carbonyl (C=O) groups is 1. The maximum atomic E-state index is 10.5. The Morgan fingerprint density at radius 3 is 3.06 bits per heavy atom. The lowest BCUT2D eigenvalue weighted by Crippen LogP contribution is -2.03. The summed E-state index contributed by atoms with van der Waals surface area (Å²) >= 11 is 3.38. The van der Waals surface area contributed by atoms with Crippen molar-refractivity contribution >= 4 is 27.6 Å². The molecule has 1 aromatic carbocycles. The average Bonchev–Trinajstić information content (AvgIpc) is 2.73. The molecule has 18 heavy (non-hydrogen) atoms. The summed E-state index contributed by atoms with van der Waals surface area (Å²) in [5.74, 6) is -0.0553. The van der Waals surface area contributed by atoms with Crippen molar-refractivity contribution in [3.63, 3.8) is 0 Å². The van der Waals surface area contributed by atoms with Crippen LogP contribution >= 0.6 is 15.9 Å². The highest BCUT2D eigenvalue weighted by atomic mass is 79.9. The number of halogens is 1. The molecule has 1 aromatic heterocycles. The minimum Gasteiger partial charge on any atom is -0.481 e. The summed E-state index contributed by atoms with van der Waals surface area (Å²) in [4.78, 5) is 14.5. The van der Waals surface area contributed by atoms with E-state index in [9.17, 15) is 4.79 Å². The molecule has 0 saturated heterocycles. The van der Waals surface area contributed by atoms with E-state index in [1.54, 1.807) is 0 Å². The summed E-state index contributed by atoms with van der Waals surface area (Å²) in [7, 11) is 0. The number of nitrogens with zero attached hydrogens (tertiary/aromatic N) is 2. The first-order valence-corrected chi connectivity index (χ1v) is 6.04. The number of H-pyrrole nitrogens is 1. The van der Waals surface area contributed by atoms with Crippen molar-refractivity contribution in [2.45, 2.75) is 13.0 Å². The first-order chi connectivity index (χ1) is 8.63. The Morgan fingerprint density at radius 2 is 2.33 bits per heavy atom. The number of carboxylic acid groups (broad SMARTS) is 1. The number of anilines is 1. The van der Waals surface area contributed by atoms with Crippen molar-refractivity contribution in [1.82, 2.24) is 15.2 Å². The summed E-state index contributed by atoms with van der Waals surface area (Å²) < 4.78 is 0.983. The minimum atomic E-state index is -0.944. The zero-order chi connectivity index (χ0) is 13.0. The fourth-order valence-corrected chi connectivity index (χ4v) is 1.81. The molecule has 0 amide bonds. The van der Waals surface area contributed by atoms with Crippen LogP contribution in [0.15, 0.2) is 28.7 Å². The largest absolute Gasteiger partial charge is 0.481 e. The van der Waals surface area contributed by atoms with Crippen LogP contribution in [0.25, 0.3) is 0 Å². The molecular formula is C11H11BrN4O2. The molecule has 6 nitrogen and oxygen atoms in total. The average molecular weight is 311 g/mol. The van der Waals surface area contributed by atoms with E-state index < -0.39 is 5.97 Å². The Bertz CT molecular complexity index is 555. The molecule has 0 unspecified atom stereocenters. The molecule has 0 aliphatic heterocycles. The van der Waals surface area contributed by atoms with E-state index in [1.165, 1.54) is 0 Å². The van der Waals surface area contributed by atoms with Crippen molar-refractivity contribution in [3.8, 4) is 0 Å². The van der Waals surface area contributed by atoms with Crippen LogP contribution in [0.2, 0.25) is 0 Å². The second-order valence-corrected chi connectivity index (χ2v) is 4.55. The van der Waals surface area contributed by atoms with Crippen LogP contribution < -0.4 is 5.32 Å². The number of carboxylic acids is 1. The van der Waals surface area contributed by atoms with Gasteiger partial charge in [-0.15, -0.1) is 0 Å². The van der Waals surface area contributed by atoms with Crippen molar-refractivity contribution in [2.24, 2.45) is 0 Å². The quantitative estimate of drug-likeness (QED) is 0.783. The monoisotopic (exact) mass is 310 g/mol. The molecule has 0 bridgehead atoms. The Balaban J connectivity index is 1.94. The predicted octanol–water partition coefficient (Wildman–Crippen LogP) is 1.81. The first-order valence-electron chi connectivity index (χ1n) is 5.25. The van der Waals surface area contributed by atoms with Crippen molar-refractivity contribution < 1.29 is 9.90 Å². The Morgan fingerprint density at radius 1 is 1.50 bits per heavy atom. The van der Waals surface area contributed by atoms with Gasteiger partial charge in [0.15, 0.2) is 5.82 Å². The Hall–Kier alpha value is -1.89. The van der Waals surface area contributed by atoms with Gasteiger partial charge in [-0.05, 0) is 18.2 Å². The van der Waals surface area contributed by atoms with Crippen LogP contribution in [-0.4, -0.2) is 26.3 Å². The second kappa shape index (κ2) is 5.63. The van der Waals surface area contributed by atoms with Crippen LogP contribution in [0.3, 0.4) is 0 Å². The van der Waals surface area contributed by atoms with Gasteiger partial charge >= 0.3 is 5.97 Å². The zero-order valence-corrected chi connectivity index (χ0v) is 10.9. The molecule has 1 heterocycles. The van der Waals surface area contributed by atoms with E-state index in [4.69, 9.17) is 5.11 Å². The molecule has 2 aromatic rings. The van der Waals surface area contributed by atoms with Crippen LogP contribution in [0, 0.1) is 0 Å². The molecule has 0 fully saturated rings. The van der Waals surface area contributed by atoms with Crippen molar-refractivity contribution in [3.05, 3.63) is 40.4 Å². The van der Waals surface area contributed by atoms with Gasteiger partial charge in [-0.2, -0.15) is 5.10 Å². The predicted molar refractivity (Wildman–Crippen MR) is 69.2 cm³/mol. The number of hydrogen-bond donors (Lipinski definition) is 3. The minimum absolute atomic E-state index is 0.173. The molecule has 0 radical (unpaired) electrons. The molecule has 0 spiro atoms. The lowest BCUT2D eigenvalue weighted by Gasteiger charge is -2.03. The normalized spacial score (nSPS) is 10.3. The number of rotatable bonds is 5. The molecule has 0 aliphatic carbocycles. The van der Waals surface area contributed by atoms with E-state index in [-0.39, 0.29) is 12.2 Å². The van der Waals surface area contributed by atoms with Crippen molar-refractivity contribution in [1.29, 1.82) is 0 Å². The number of benzene rings is 1. The number of aromatic nitrogens is 3. The van der Waals surface area contributed by atoms with Crippen LogP contribution in [0.1, 0.15) is 11.6 Å². The summed E-state index contributed by atoms with van der Waals surface area (Å²) in [6, 6.07) is 7.72. The van der Waals surface area contributed by atoms with Gasteiger partial charge in [0.25, 0.3) is 0 Å². The fraction of sp³-hybridized carbons (Fsp3) is 0.182. The highest BCUT2D eigenvalue weighted by Crippen LogP contribution is 2.15. The lowest BCUT2D eigenvalue weighted by molar-refractivity contribution is -0.136. The Kier molecular flexibility index (Phi) is 3.93. The van der Waals surface area contributed by atoms with Crippen molar-refractivity contribution in [2.75, 3.05) is 5.32 Å². The standard InChI is InChI=1S/C11H11BrN4O2/c12-7-2-1-3-8(4-7)13-6-10-14-9(15-16-10)5-11(17)18/h1-4,13H,5-6H2,(H,17,18)(H,14,15,16). The fourth-order valence-electron chi connectivity index (χ4n) is 1.41. The number of nitrogens with one attached hydrogen (secondary N) is 2. The maximum Gasteiger partial charge on any atom is 0.311 e. The highest BCUT2D eigenvalue weighted by molar-refractivity contribution is 9.10. The van der Waals surface area contributed by atoms with Gasteiger partial charge in [-0.3, -0.25) is 9.89 Å². The summed E-state index contributed by atoms with van der Waals surface area (Å²) in [5, 5.41) is 18.3. The number of aromatic amines is 1. The third-order valence-corrected chi connectivity index (χ3v) is 2.67. The topological polar surface area (TPSA) is 90.9 Å². The lowest BCUT2D eigenvalue weighted by atomic mass is 10.3. The van der Waals surface area contributed by atoms with Gasteiger partial charge in [0.2, 0.25) is 0 Å². The summed E-state index contributed by atoms with van der Waals surface area (Å²) in [6.45, 7) is 0.461. The summed E-state index contributed by atoms with van der Waals surface area (Å²) in [5.41, 5.74) is 0.945. The van der Waals surface area contributed by atoms with Crippen LogP contribution in [0.5, 0.6) is 0 Å². The van der Waals surface area contributed by atoms with Gasteiger partial charge in [0.05, 0.1) is 6.54 Å². The number of hydrogen-bond acceptors (Lipinski definition) is 4. The molecule has 0 atom stereocenters. The molecule has 7 heteroatoms. The molecule has 2 rings (SSSR count). The van der Waals surface area contributed by atoms with Crippen LogP contribution in [0.4, 0.5) is 5.69 Å². The maximum absolute atomic E-state index is 10.5. The number of aliphatic carboxylic acids is 1.